The van der Waals surface area contributed by atoms with Crippen molar-refractivity contribution < 1.29 is 18.3 Å². The minimum absolute atomic E-state index is 0.169. The van der Waals surface area contributed by atoms with Gasteiger partial charge in [0.2, 0.25) is 10.0 Å². The van der Waals surface area contributed by atoms with Gasteiger partial charge in [-0.25, -0.2) is 8.42 Å². The number of H-pyrrole nitrogens is 1. The second-order valence-electron chi connectivity index (χ2n) is 6.11. The molecule has 1 saturated heterocycles. The molecule has 6 nitrogen and oxygen atoms in total. The van der Waals surface area contributed by atoms with Crippen LogP contribution in [0.15, 0.2) is 59.6 Å². The fourth-order valence-electron chi connectivity index (χ4n) is 3.07. The lowest BCUT2D eigenvalue weighted by molar-refractivity contribution is 0.215. The Bertz CT molecular complexity index is 995. The van der Waals surface area contributed by atoms with Crippen LogP contribution in [0, 0.1) is 0 Å². The summed E-state index contributed by atoms with van der Waals surface area (Å²) in [4.78, 5) is 3.33. The van der Waals surface area contributed by atoms with E-state index < -0.39 is 10.0 Å². The Balaban J connectivity index is 1.50. The van der Waals surface area contributed by atoms with Crippen molar-refractivity contribution in [1.29, 1.82) is 0 Å². The second-order valence-corrected chi connectivity index (χ2v) is 8.05. The first kappa shape index (κ1) is 16.0. The molecule has 130 valence electrons. The smallest absolute Gasteiger partial charge is 0.243 e. The van der Waals surface area contributed by atoms with Crippen molar-refractivity contribution in [3.8, 4) is 11.5 Å². The van der Waals surface area contributed by atoms with Gasteiger partial charge in [-0.2, -0.15) is 4.31 Å². The quantitative estimate of drug-likeness (QED) is 0.751. The molecular weight excluding hydrogens is 340 g/mol. The van der Waals surface area contributed by atoms with Gasteiger partial charge in [-0.15, -0.1) is 0 Å². The van der Waals surface area contributed by atoms with Crippen molar-refractivity contribution in [1.82, 2.24) is 9.29 Å². The number of fused-ring (bicyclic) bond motifs is 1. The van der Waals surface area contributed by atoms with E-state index in [2.05, 4.69) is 4.98 Å². The van der Waals surface area contributed by atoms with Crippen LogP contribution in [0.3, 0.4) is 0 Å². The van der Waals surface area contributed by atoms with Crippen molar-refractivity contribution in [2.75, 3.05) is 13.1 Å². The molecule has 2 N–H and O–H groups in total. The van der Waals surface area contributed by atoms with E-state index in [1.807, 2.05) is 6.07 Å². The number of aromatic hydroxyl groups is 1. The Labute approximate surface area is 145 Å². The molecule has 1 unspecified atom stereocenters. The third-order valence-corrected chi connectivity index (χ3v) is 6.27. The Morgan fingerprint density at radius 1 is 1.12 bits per heavy atom. The van der Waals surface area contributed by atoms with Crippen LogP contribution in [0.5, 0.6) is 11.5 Å². The maximum absolute atomic E-state index is 12.9. The summed E-state index contributed by atoms with van der Waals surface area (Å²) in [5.41, 5.74) is 0.803. The van der Waals surface area contributed by atoms with Crippen LogP contribution in [-0.2, 0) is 10.0 Å². The topological polar surface area (TPSA) is 82.6 Å². The summed E-state index contributed by atoms with van der Waals surface area (Å²) < 4.78 is 33.0. The van der Waals surface area contributed by atoms with Crippen molar-refractivity contribution in [2.24, 2.45) is 0 Å². The number of benzene rings is 2. The van der Waals surface area contributed by atoms with Gasteiger partial charge in [0.25, 0.3) is 0 Å². The maximum atomic E-state index is 12.9. The van der Waals surface area contributed by atoms with Gasteiger partial charge in [0, 0.05) is 18.3 Å². The lowest BCUT2D eigenvalue weighted by Gasteiger charge is -2.17. The van der Waals surface area contributed by atoms with E-state index in [-0.39, 0.29) is 16.7 Å². The number of sulfonamides is 1. The first-order valence-electron chi connectivity index (χ1n) is 8.05. The number of nitrogens with one attached hydrogen (secondary N) is 1. The summed E-state index contributed by atoms with van der Waals surface area (Å²) in [5.74, 6) is 0.789. The monoisotopic (exact) mass is 358 g/mol. The number of nitrogens with zero attached hydrogens (tertiary/aromatic N) is 1. The molecule has 0 saturated carbocycles. The molecule has 1 atom stereocenters. The van der Waals surface area contributed by atoms with Crippen molar-refractivity contribution >= 4 is 20.9 Å². The molecular formula is C18H18N2O4S. The van der Waals surface area contributed by atoms with Crippen LogP contribution in [-0.4, -0.2) is 42.0 Å². The van der Waals surface area contributed by atoms with E-state index >= 15 is 0 Å². The van der Waals surface area contributed by atoms with E-state index in [1.165, 1.54) is 4.31 Å². The van der Waals surface area contributed by atoms with Gasteiger partial charge >= 0.3 is 0 Å². The molecule has 0 amide bonds. The van der Waals surface area contributed by atoms with Gasteiger partial charge in [-0.3, -0.25) is 0 Å². The zero-order chi connectivity index (χ0) is 17.4. The van der Waals surface area contributed by atoms with E-state index in [0.717, 1.165) is 10.9 Å². The lowest BCUT2D eigenvalue weighted by Crippen LogP contribution is -2.31. The fraction of sp³-hybridized carbons (Fsp3) is 0.222. The highest BCUT2D eigenvalue weighted by Gasteiger charge is 2.33. The fourth-order valence-corrected chi connectivity index (χ4v) is 4.58. The molecule has 7 heteroatoms. The first-order chi connectivity index (χ1) is 12.0. The summed E-state index contributed by atoms with van der Waals surface area (Å²) in [6.07, 6.45) is 2.22. The molecule has 3 aromatic rings. The number of ether oxygens (including phenoxy) is 1. The minimum atomic E-state index is -3.55. The normalized spacial score (nSPS) is 18.6. The number of phenolic OH excluding ortho intramolecular Hbond substituents is 1. The third kappa shape index (κ3) is 3.08. The maximum Gasteiger partial charge on any atom is 0.243 e. The average Bonchev–Trinajstić information content (AvgIpc) is 3.25. The SMILES string of the molecule is O=S(=O)(c1ccc2cc[nH]c2c1)N1CCC(Oc2ccc(O)cc2)C1. The van der Waals surface area contributed by atoms with Crippen LogP contribution >= 0.6 is 0 Å². The molecule has 1 aromatic heterocycles. The van der Waals surface area contributed by atoms with Gasteiger partial charge in [-0.1, -0.05) is 6.07 Å². The van der Waals surface area contributed by atoms with Crippen molar-refractivity contribution in [3.05, 3.63) is 54.7 Å². The predicted octanol–water partition coefficient (Wildman–Crippen LogP) is 2.72. The number of rotatable bonds is 4. The zero-order valence-electron chi connectivity index (χ0n) is 13.4. The Hall–Kier alpha value is -2.51. The van der Waals surface area contributed by atoms with Crippen LogP contribution in [0.25, 0.3) is 10.9 Å². The summed E-state index contributed by atoms with van der Waals surface area (Å²) in [6, 6.07) is 13.5. The van der Waals surface area contributed by atoms with Crippen LogP contribution in [0.1, 0.15) is 6.42 Å². The molecule has 25 heavy (non-hydrogen) atoms. The Kier molecular flexibility index (Phi) is 3.89. The van der Waals surface area contributed by atoms with Gasteiger partial charge in [-0.05, 0) is 54.3 Å². The number of phenols is 1. The van der Waals surface area contributed by atoms with Crippen LogP contribution in [0.2, 0.25) is 0 Å². The summed E-state index contributed by atoms with van der Waals surface area (Å²) in [7, 11) is -3.55. The summed E-state index contributed by atoms with van der Waals surface area (Å²) in [5, 5.41) is 10.3. The summed E-state index contributed by atoms with van der Waals surface area (Å²) >= 11 is 0. The summed E-state index contributed by atoms with van der Waals surface area (Å²) in [6.45, 7) is 0.736. The van der Waals surface area contributed by atoms with Gasteiger partial charge in [0.1, 0.15) is 17.6 Å². The molecule has 0 spiro atoms. The Morgan fingerprint density at radius 3 is 2.72 bits per heavy atom. The van der Waals surface area contributed by atoms with Gasteiger partial charge < -0.3 is 14.8 Å². The molecule has 2 aromatic carbocycles. The van der Waals surface area contributed by atoms with E-state index in [0.29, 0.717) is 25.3 Å². The lowest BCUT2D eigenvalue weighted by atomic mass is 10.2. The standard InChI is InChI=1S/C18H18N2O4S/c21-14-2-4-15(5-3-14)24-16-8-10-20(12-16)25(22,23)17-6-1-13-7-9-19-18(13)11-17/h1-7,9,11,16,19,21H,8,10,12H2. The Morgan fingerprint density at radius 2 is 1.92 bits per heavy atom. The van der Waals surface area contributed by atoms with Crippen molar-refractivity contribution in [3.63, 3.8) is 0 Å². The highest BCUT2D eigenvalue weighted by atomic mass is 32.2. The highest BCUT2D eigenvalue weighted by Crippen LogP contribution is 2.26. The molecule has 0 aliphatic carbocycles. The second kappa shape index (κ2) is 6.09. The van der Waals surface area contributed by atoms with Gasteiger partial charge in [0.05, 0.1) is 11.4 Å². The first-order valence-corrected chi connectivity index (χ1v) is 9.49. The molecule has 0 bridgehead atoms. The molecule has 4 rings (SSSR count). The number of hydrogen-bond acceptors (Lipinski definition) is 4. The van der Waals surface area contributed by atoms with Gasteiger partial charge in [0.15, 0.2) is 0 Å². The largest absolute Gasteiger partial charge is 0.508 e. The molecule has 1 aliphatic rings. The molecule has 2 heterocycles. The van der Waals surface area contributed by atoms with Crippen LogP contribution < -0.4 is 4.74 Å². The van der Waals surface area contributed by atoms with Crippen LogP contribution in [0.4, 0.5) is 0 Å². The minimum Gasteiger partial charge on any atom is -0.508 e. The molecule has 1 aliphatic heterocycles. The molecule has 1 fully saturated rings. The van der Waals surface area contributed by atoms with E-state index in [9.17, 15) is 13.5 Å². The number of hydrogen-bond donors (Lipinski definition) is 2. The number of aromatic nitrogens is 1. The third-order valence-electron chi connectivity index (χ3n) is 4.41. The predicted molar refractivity (Wildman–Crippen MR) is 94.2 cm³/mol. The van der Waals surface area contributed by atoms with E-state index in [4.69, 9.17) is 4.74 Å². The zero-order valence-corrected chi connectivity index (χ0v) is 14.2. The average molecular weight is 358 g/mol. The van der Waals surface area contributed by atoms with Crippen molar-refractivity contribution in [2.45, 2.75) is 17.4 Å². The number of aromatic amines is 1. The highest BCUT2D eigenvalue weighted by molar-refractivity contribution is 7.89. The van der Waals surface area contributed by atoms with E-state index in [1.54, 1.807) is 48.7 Å². The molecule has 0 radical (unpaired) electrons.